The highest BCUT2D eigenvalue weighted by molar-refractivity contribution is 5.43. The first-order valence-corrected chi connectivity index (χ1v) is 4.09. The van der Waals surface area contributed by atoms with Gasteiger partial charge in [-0.05, 0) is 17.7 Å². The van der Waals surface area contributed by atoms with Gasteiger partial charge in [0, 0.05) is 6.54 Å². The van der Waals surface area contributed by atoms with Crippen molar-refractivity contribution in [2.45, 2.75) is 12.9 Å². The third-order valence-corrected chi connectivity index (χ3v) is 1.69. The van der Waals surface area contributed by atoms with Crippen LogP contribution >= 0.6 is 0 Å². The Morgan fingerprint density at radius 3 is 2.40 bits per heavy atom. The summed E-state index contributed by atoms with van der Waals surface area (Å²) < 4.78 is 44.3. The molecule has 0 aliphatic heterocycles. The van der Waals surface area contributed by atoms with Crippen LogP contribution in [0.3, 0.4) is 0 Å². The maximum atomic E-state index is 11.9. The fraction of sp³-hybridized carbons (Fsp3) is 0.333. The molecule has 0 unspecified atom stereocenters. The van der Waals surface area contributed by atoms with Crippen LogP contribution in [0.5, 0.6) is 11.5 Å². The number of ether oxygens (including phenoxy) is 2. The van der Waals surface area contributed by atoms with E-state index in [0.29, 0.717) is 5.56 Å². The zero-order chi connectivity index (χ0) is 11.5. The lowest BCUT2D eigenvalue weighted by molar-refractivity contribution is -0.275. The Hall–Kier alpha value is -1.43. The van der Waals surface area contributed by atoms with Gasteiger partial charge < -0.3 is 15.2 Å². The van der Waals surface area contributed by atoms with Crippen molar-refractivity contribution in [3.63, 3.8) is 0 Å². The Balaban J connectivity index is 2.97. The van der Waals surface area contributed by atoms with Crippen molar-refractivity contribution >= 4 is 0 Å². The topological polar surface area (TPSA) is 44.5 Å². The SMILES string of the molecule is COc1cc(CN)ccc1OC(F)(F)F. The van der Waals surface area contributed by atoms with Gasteiger partial charge in [0.1, 0.15) is 0 Å². The van der Waals surface area contributed by atoms with E-state index in [2.05, 4.69) is 4.74 Å². The maximum Gasteiger partial charge on any atom is 0.573 e. The Bertz CT molecular complexity index is 339. The average Bonchev–Trinajstić information content (AvgIpc) is 2.16. The van der Waals surface area contributed by atoms with Crippen molar-refractivity contribution in [1.29, 1.82) is 0 Å². The van der Waals surface area contributed by atoms with Gasteiger partial charge in [0.05, 0.1) is 7.11 Å². The Labute approximate surface area is 84.6 Å². The Morgan fingerprint density at radius 2 is 1.93 bits per heavy atom. The van der Waals surface area contributed by atoms with Crippen LogP contribution in [-0.4, -0.2) is 13.5 Å². The molecule has 0 amide bonds. The van der Waals surface area contributed by atoms with Gasteiger partial charge in [-0.3, -0.25) is 0 Å². The smallest absolute Gasteiger partial charge is 0.493 e. The van der Waals surface area contributed by atoms with Crippen LogP contribution < -0.4 is 15.2 Å². The molecule has 0 aromatic heterocycles. The lowest BCUT2D eigenvalue weighted by Gasteiger charge is -2.13. The predicted octanol–water partition coefficient (Wildman–Crippen LogP) is 2.05. The standard InChI is InChI=1S/C9H10F3NO2/c1-14-8-4-6(5-13)2-3-7(8)15-9(10,11)12/h2-4H,5,13H2,1H3. The molecule has 84 valence electrons. The molecule has 0 fully saturated rings. The summed E-state index contributed by atoms with van der Waals surface area (Å²) >= 11 is 0. The second kappa shape index (κ2) is 4.39. The van der Waals surface area contributed by atoms with Gasteiger partial charge in [-0.1, -0.05) is 6.07 Å². The van der Waals surface area contributed by atoms with E-state index < -0.39 is 6.36 Å². The summed E-state index contributed by atoms with van der Waals surface area (Å²) in [5.41, 5.74) is 6.00. The summed E-state index contributed by atoms with van der Waals surface area (Å²) in [7, 11) is 1.26. The maximum absolute atomic E-state index is 11.9. The highest BCUT2D eigenvalue weighted by Gasteiger charge is 2.32. The van der Waals surface area contributed by atoms with Crippen LogP contribution in [0.2, 0.25) is 0 Å². The molecule has 0 saturated carbocycles. The Morgan fingerprint density at radius 1 is 1.27 bits per heavy atom. The number of alkyl halides is 3. The number of hydrogen-bond donors (Lipinski definition) is 1. The minimum absolute atomic E-state index is 0.00951. The molecule has 6 heteroatoms. The van der Waals surface area contributed by atoms with Crippen molar-refractivity contribution in [3.05, 3.63) is 23.8 Å². The van der Waals surface area contributed by atoms with Crippen LogP contribution in [0.15, 0.2) is 18.2 Å². The summed E-state index contributed by atoms with van der Waals surface area (Å²) in [5.74, 6) is -0.363. The van der Waals surface area contributed by atoms with Crippen molar-refractivity contribution in [1.82, 2.24) is 0 Å². The van der Waals surface area contributed by atoms with Gasteiger partial charge in [-0.2, -0.15) is 0 Å². The number of nitrogens with two attached hydrogens (primary N) is 1. The van der Waals surface area contributed by atoms with Crippen molar-refractivity contribution in [2.24, 2.45) is 5.73 Å². The molecule has 3 nitrogen and oxygen atoms in total. The molecule has 1 aromatic rings. The first kappa shape index (κ1) is 11.6. The van der Waals surface area contributed by atoms with Gasteiger partial charge in [-0.25, -0.2) is 0 Å². The Kier molecular flexibility index (Phi) is 3.41. The van der Waals surface area contributed by atoms with Crippen molar-refractivity contribution in [3.8, 4) is 11.5 Å². The van der Waals surface area contributed by atoms with Crippen LogP contribution in [0.25, 0.3) is 0 Å². The summed E-state index contributed by atoms with van der Waals surface area (Å²) in [6.07, 6.45) is -4.72. The minimum atomic E-state index is -4.72. The average molecular weight is 221 g/mol. The summed E-state index contributed by atoms with van der Waals surface area (Å²) in [5, 5.41) is 0. The van der Waals surface area contributed by atoms with E-state index in [9.17, 15) is 13.2 Å². The van der Waals surface area contributed by atoms with Crippen LogP contribution in [0.1, 0.15) is 5.56 Å². The first-order chi connectivity index (χ1) is 6.96. The van der Waals surface area contributed by atoms with Crippen LogP contribution in [0, 0.1) is 0 Å². The third-order valence-electron chi connectivity index (χ3n) is 1.69. The van der Waals surface area contributed by atoms with Gasteiger partial charge in [0.25, 0.3) is 0 Å². The molecule has 15 heavy (non-hydrogen) atoms. The van der Waals surface area contributed by atoms with E-state index >= 15 is 0 Å². The molecule has 0 atom stereocenters. The van der Waals surface area contributed by atoms with E-state index in [4.69, 9.17) is 10.5 Å². The summed E-state index contributed by atoms with van der Waals surface area (Å²) in [6, 6.07) is 4.03. The number of halogens is 3. The van der Waals surface area contributed by atoms with Gasteiger partial charge >= 0.3 is 6.36 Å². The highest BCUT2D eigenvalue weighted by Crippen LogP contribution is 2.32. The second-order valence-corrected chi connectivity index (χ2v) is 2.74. The van der Waals surface area contributed by atoms with E-state index in [0.717, 1.165) is 0 Å². The van der Waals surface area contributed by atoms with Crippen molar-refractivity contribution < 1.29 is 22.6 Å². The van der Waals surface area contributed by atoms with Crippen molar-refractivity contribution in [2.75, 3.05) is 7.11 Å². The zero-order valence-electron chi connectivity index (χ0n) is 7.97. The molecule has 0 bridgehead atoms. The normalized spacial score (nSPS) is 11.3. The third kappa shape index (κ3) is 3.32. The van der Waals surface area contributed by atoms with E-state index in [-0.39, 0.29) is 18.0 Å². The molecular formula is C9H10F3NO2. The lowest BCUT2D eigenvalue weighted by Crippen LogP contribution is -2.17. The van der Waals surface area contributed by atoms with Crippen LogP contribution in [0.4, 0.5) is 13.2 Å². The molecule has 0 aliphatic carbocycles. The quantitative estimate of drug-likeness (QED) is 0.849. The molecular weight excluding hydrogens is 211 g/mol. The monoisotopic (exact) mass is 221 g/mol. The largest absolute Gasteiger partial charge is 0.573 e. The van der Waals surface area contributed by atoms with Crippen LogP contribution in [-0.2, 0) is 6.54 Å². The molecule has 0 spiro atoms. The second-order valence-electron chi connectivity index (χ2n) is 2.74. The molecule has 1 aromatic carbocycles. The molecule has 0 radical (unpaired) electrons. The number of rotatable bonds is 3. The zero-order valence-corrected chi connectivity index (χ0v) is 7.97. The van der Waals surface area contributed by atoms with Gasteiger partial charge in [0.15, 0.2) is 11.5 Å². The number of methoxy groups -OCH3 is 1. The fourth-order valence-corrected chi connectivity index (χ4v) is 1.05. The lowest BCUT2D eigenvalue weighted by atomic mass is 10.2. The molecule has 2 N–H and O–H groups in total. The van der Waals surface area contributed by atoms with E-state index in [1.807, 2.05) is 0 Å². The number of benzene rings is 1. The minimum Gasteiger partial charge on any atom is -0.493 e. The molecule has 1 rings (SSSR count). The van der Waals surface area contributed by atoms with E-state index in [1.165, 1.54) is 25.3 Å². The summed E-state index contributed by atoms with van der Waals surface area (Å²) in [4.78, 5) is 0. The first-order valence-electron chi connectivity index (χ1n) is 4.09. The molecule has 0 aliphatic rings. The highest BCUT2D eigenvalue weighted by atomic mass is 19.4. The molecule has 0 heterocycles. The summed E-state index contributed by atoms with van der Waals surface area (Å²) in [6.45, 7) is 0.225. The molecule has 0 saturated heterocycles. The van der Waals surface area contributed by atoms with Gasteiger partial charge in [0.2, 0.25) is 0 Å². The number of hydrogen-bond acceptors (Lipinski definition) is 3. The fourth-order valence-electron chi connectivity index (χ4n) is 1.05. The van der Waals surface area contributed by atoms with E-state index in [1.54, 1.807) is 0 Å². The van der Waals surface area contributed by atoms with Gasteiger partial charge in [-0.15, -0.1) is 13.2 Å². The predicted molar refractivity (Wildman–Crippen MR) is 47.6 cm³/mol.